The van der Waals surface area contributed by atoms with Crippen molar-refractivity contribution in [3.63, 3.8) is 0 Å². The lowest BCUT2D eigenvalue weighted by atomic mass is 10.0. The van der Waals surface area contributed by atoms with E-state index in [-0.39, 0.29) is 32.6 Å². The number of hydrogen-bond acceptors (Lipinski definition) is 8. The maximum Gasteiger partial charge on any atom is 0.472 e. The number of ether oxygens (including phenoxy) is 2. The van der Waals surface area contributed by atoms with E-state index in [0.29, 0.717) is 12.8 Å². The average Bonchev–Trinajstić information content (AvgIpc) is 3.42. The van der Waals surface area contributed by atoms with Crippen molar-refractivity contribution in [2.24, 2.45) is 5.73 Å². The molecule has 438 valence electrons. The molecule has 0 heterocycles. The quantitative estimate of drug-likeness (QED) is 0.0264. The number of esters is 2. The summed E-state index contributed by atoms with van der Waals surface area (Å²) in [5.41, 5.74) is 5.38. The summed E-state index contributed by atoms with van der Waals surface area (Å²) in [6, 6.07) is 0. The third kappa shape index (κ3) is 61.2. The summed E-state index contributed by atoms with van der Waals surface area (Å²) >= 11 is 0. The van der Waals surface area contributed by atoms with Gasteiger partial charge in [-0.1, -0.05) is 257 Å². The predicted molar refractivity (Wildman–Crippen MR) is 330 cm³/mol. The minimum absolute atomic E-state index is 0.0433. The number of carbonyl (C=O) groups excluding carboxylic acids is 2. The SMILES string of the molecule is CC/C=C\C/C=C\C/C=C\C/C=C\C/C=C\C/C=C\CCCCCCCCCCCCCCCCCCCCC(=O)OC(COC(=O)CCCCC/C=C\C/C=C\C/C=C\C/C=C\C/C=C\CC)COP(=O)(O)OCCN. The molecule has 2 unspecified atom stereocenters. The monoisotopic (exact) mass is 1090 g/mol. The van der Waals surface area contributed by atoms with Gasteiger partial charge in [0.1, 0.15) is 6.61 Å². The Morgan fingerprint density at radius 1 is 0.390 bits per heavy atom. The van der Waals surface area contributed by atoms with Gasteiger partial charge in [-0.15, -0.1) is 0 Å². The van der Waals surface area contributed by atoms with Crippen LogP contribution >= 0.6 is 7.82 Å². The molecule has 3 N–H and O–H groups in total. The van der Waals surface area contributed by atoms with Gasteiger partial charge < -0.3 is 20.1 Å². The van der Waals surface area contributed by atoms with Crippen LogP contribution in [0.2, 0.25) is 0 Å². The van der Waals surface area contributed by atoms with Crippen LogP contribution in [-0.4, -0.2) is 49.3 Å². The van der Waals surface area contributed by atoms with E-state index in [2.05, 4.69) is 148 Å². The van der Waals surface area contributed by atoms with Crippen molar-refractivity contribution >= 4 is 19.8 Å². The fraction of sp³-hybridized carbons (Fsp3) is 0.642. The van der Waals surface area contributed by atoms with Crippen LogP contribution in [0.25, 0.3) is 0 Å². The molecule has 0 aliphatic rings. The Balaban J connectivity index is 3.93. The third-order valence-corrected chi connectivity index (χ3v) is 13.5. The number of phosphoric acid groups is 1. The molecule has 0 aliphatic carbocycles. The van der Waals surface area contributed by atoms with Crippen LogP contribution in [0.5, 0.6) is 0 Å². The van der Waals surface area contributed by atoms with Gasteiger partial charge in [-0.3, -0.25) is 18.6 Å². The van der Waals surface area contributed by atoms with Gasteiger partial charge in [-0.25, -0.2) is 4.57 Å². The molecule has 0 saturated heterocycles. The molecule has 0 saturated carbocycles. The zero-order valence-electron chi connectivity index (χ0n) is 48.9. The van der Waals surface area contributed by atoms with Gasteiger partial charge in [-0.05, 0) is 109 Å². The normalized spacial score (nSPS) is 14.0. The number of allylic oxidation sites excluding steroid dienone is 22. The van der Waals surface area contributed by atoms with E-state index >= 15 is 0 Å². The minimum atomic E-state index is -4.40. The number of carbonyl (C=O) groups is 2. The molecule has 10 heteroatoms. The Bertz CT molecular complexity index is 1720. The summed E-state index contributed by atoms with van der Waals surface area (Å²) in [7, 11) is -4.40. The molecule has 0 spiro atoms. The number of hydrogen-bond donors (Lipinski definition) is 2. The second kappa shape index (κ2) is 61.4. The van der Waals surface area contributed by atoms with Gasteiger partial charge in [-0.2, -0.15) is 0 Å². The highest BCUT2D eigenvalue weighted by Crippen LogP contribution is 2.43. The summed E-state index contributed by atoms with van der Waals surface area (Å²) in [6.07, 6.45) is 86.7. The first-order valence-corrected chi connectivity index (χ1v) is 32.2. The topological polar surface area (TPSA) is 134 Å². The van der Waals surface area contributed by atoms with Crippen LogP contribution in [0.1, 0.15) is 245 Å². The molecule has 0 aliphatic heterocycles. The standard InChI is InChI=1S/C67H112NO8P/c1-3-5-7-9-11-13-15-17-19-21-23-24-25-26-27-28-29-30-31-32-33-34-35-36-37-38-39-40-42-44-46-48-50-52-54-56-58-60-67(70)76-65(64-75-77(71,72)74-62-61-68)63-73-66(69)59-57-55-53-51-49-47-45-43-41-22-20-18-16-14-12-10-8-6-4-2/h5-8,11-14,17-20,23-24,26-27,29-30,41,43,47,49,65H,3-4,9-10,15-16,21-22,25,28,31-40,42,44-46,48,50-64,68H2,1-2H3,(H,71,72)/b7-5-,8-6-,13-11-,14-12-,19-17-,20-18-,24-23-,27-26-,30-29-,43-41-,49-47-. The Hall–Kier alpha value is -3.85. The van der Waals surface area contributed by atoms with Crippen molar-refractivity contribution in [2.75, 3.05) is 26.4 Å². The maximum absolute atomic E-state index is 12.7. The molecule has 0 amide bonds. The number of nitrogens with two attached hydrogens (primary N) is 1. The first-order valence-electron chi connectivity index (χ1n) is 30.7. The smallest absolute Gasteiger partial charge is 0.462 e. The lowest BCUT2D eigenvalue weighted by Gasteiger charge is -2.19. The predicted octanol–water partition coefficient (Wildman–Crippen LogP) is 19.7. The van der Waals surface area contributed by atoms with Gasteiger partial charge in [0.05, 0.1) is 13.2 Å². The van der Waals surface area contributed by atoms with Crippen LogP contribution < -0.4 is 5.73 Å². The molecule has 2 atom stereocenters. The molecule has 0 aromatic rings. The van der Waals surface area contributed by atoms with Crippen molar-refractivity contribution in [1.29, 1.82) is 0 Å². The van der Waals surface area contributed by atoms with E-state index in [1.165, 1.54) is 96.3 Å². The zero-order chi connectivity index (χ0) is 55.9. The van der Waals surface area contributed by atoms with Gasteiger partial charge in [0, 0.05) is 19.4 Å². The van der Waals surface area contributed by atoms with Gasteiger partial charge in [0.15, 0.2) is 6.10 Å². The largest absolute Gasteiger partial charge is 0.472 e. The average molecular weight is 1090 g/mol. The van der Waals surface area contributed by atoms with Crippen LogP contribution in [0, 0.1) is 0 Å². The molecule has 0 aromatic heterocycles. The molecular formula is C67H112NO8P. The van der Waals surface area contributed by atoms with Crippen molar-refractivity contribution in [3.05, 3.63) is 134 Å². The zero-order valence-corrected chi connectivity index (χ0v) is 49.8. The van der Waals surface area contributed by atoms with E-state index in [1.54, 1.807) is 0 Å². The highest BCUT2D eigenvalue weighted by molar-refractivity contribution is 7.47. The highest BCUT2D eigenvalue weighted by Gasteiger charge is 2.26. The Kier molecular flexibility index (Phi) is 58.3. The van der Waals surface area contributed by atoms with Crippen molar-refractivity contribution in [1.82, 2.24) is 0 Å². The first kappa shape index (κ1) is 73.2. The van der Waals surface area contributed by atoms with Crippen LogP contribution in [0.3, 0.4) is 0 Å². The second-order valence-electron chi connectivity index (χ2n) is 19.8. The molecule has 0 bridgehead atoms. The second-order valence-corrected chi connectivity index (χ2v) is 21.3. The number of rotatable bonds is 56. The Morgan fingerprint density at radius 3 is 1.01 bits per heavy atom. The number of phosphoric ester groups is 1. The Labute approximate surface area is 472 Å². The first-order chi connectivity index (χ1) is 37.8. The third-order valence-electron chi connectivity index (χ3n) is 12.5. The van der Waals surface area contributed by atoms with E-state index in [9.17, 15) is 19.0 Å². The van der Waals surface area contributed by atoms with Gasteiger partial charge >= 0.3 is 19.8 Å². The Morgan fingerprint density at radius 2 is 0.675 bits per heavy atom. The van der Waals surface area contributed by atoms with E-state index in [1.807, 2.05) is 0 Å². The van der Waals surface area contributed by atoms with Crippen LogP contribution in [0.15, 0.2) is 134 Å². The van der Waals surface area contributed by atoms with Crippen molar-refractivity contribution < 1.29 is 37.6 Å². The van der Waals surface area contributed by atoms with Gasteiger partial charge in [0.25, 0.3) is 0 Å². The molecule has 0 rings (SSSR count). The van der Waals surface area contributed by atoms with Crippen LogP contribution in [-0.2, 0) is 32.7 Å². The fourth-order valence-corrected chi connectivity index (χ4v) is 8.84. The molecule has 0 fully saturated rings. The van der Waals surface area contributed by atoms with Crippen LogP contribution in [0.4, 0.5) is 0 Å². The van der Waals surface area contributed by atoms with E-state index < -0.39 is 32.5 Å². The summed E-state index contributed by atoms with van der Waals surface area (Å²) < 4.78 is 33.0. The molecular weight excluding hydrogens is 978 g/mol. The van der Waals surface area contributed by atoms with Crippen molar-refractivity contribution in [2.45, 2.75) is 251 Å². The van der Waals surface area contributed by atoms with Gasteiger partial charge in [0.2, 0.25) is 0 Å². The lowest BCUT2D eigenvalue weighted by Crippen LogP contribution is -2.29. The lowest BCUT2D eigenvalue weighted by molar-refractivity contribution is -0.161. The van der Waals surface area contributed by atoms with E-state index in [0.717, 1.165) is 109 Å². The van der Waals surface area contributed by atoms with E-state index in [4.69, 9.17) is 24.3 Å². The van der Waals surface area contributed by atoms with Crippen molar-refractivity contribution in [3.8, 4) is 0 Å². The minimum Gasteiger partial charge on any atom is -0.462 e. The number of unbranched alkanes of at least 4 members (excludes halogenated alkanes) is 21. The maximum atomic E-state index is 12.7. The summed E-state index contributed by atoms with van der Waals surface area (Å²) in [5, 5.41) is 0. The highest BCUT2D eigenvalue weighted by atomic mass is 31.2. The molecule has 77 heavy (non-hydrogen) atoms. The summed E-state index contributed by atoms with van der Waals surface area (Å²) in [6.45, 7) is 3.47. The molecule has 0 radical (unpaired) electrons. The fourth-order valence-electron chi connectivity index (χ4n) is 8.08. The molecule has 9 nitrogen and oxygen atoms in total. The summed E-state index contributed by atoms with van der Waals surface area (Å²) in [5.74, 6) is -0.868. The summed E-state index contributed by atoms with van der Waals surface area (Å²) in [4.78, 5) is 35.2. The molecule has 0 aromatic carbocycles.